The topological polar surface area (TPSA) is 37.9 Å². The van der Waals surface area contributed by atoms with Crippen LogP contribution < -0.4 is 0 Å². The van der Waals surface area contributed by atoms with Crippen molar-refractivity contribution in [1.29, 1.82) is 0 Å². The second-order valence-electron chi connectivity index (χ2n) is 16.3. The van der Waals surface area contributed by atoms with Gasteiger partial charge < -0.3 is 4.42 Å². The molecule has 2 aliphatic rings. The van der Waals surface area contributed by atoms with Gasteiger partial charge >= 0.3 is 0 Å². The molecule has 3 atom stereocenters. The zero-order chi connectivity index (χ0) is 38.7. The van der Waals surface area contributed by atoms with E-state index in [1.807, 2.05) is 6.07 Å². The van der Waals surface area contributed by atoms with Gasteiger partial charge in [0.05, 0.1) is 11.8 Å². The Labute approximate surface area is 339 Å². The Kier molecular flexibility index (Phi) is 8.43. The molecule has 0 spiro atoms. The molecule has 3 unspecified atom stereocenters. The number of allylic oxidation sites excluding steroid dienone is 1. The molecule has 0 saturated carbocycles. The summed E-state index contributed by atoms with van der Waals surface area (Å²) in [5, 5.41) is 9.74. The molecule has 0 fully saturated rings. The van der Waals surface area contributed by atoms with Crippen LogP contribution in [0, 0.1) is 5.92 Å². The van der Waals surface area contributed by atoms with E-state index in [4.69, 9.17) is 14.4 Å². The van der Waals surface area contributed by atoms with Crippen LogP contribution in [-0.2, 0) is 0 Å². The van der Waals surface area contributed by atoms with Gasteiger partial charge in [-0.15, -0.1) is 0 Å². The smallest absolute Gasteiger partial charge is 0.155 e. The van der Waals surface area contributed by atoms with Crippen LogP contribution in [0.4, 0.5) is 0 Å². The van der Waals surface area contributed by atoms with Crippen LogP contribution in [-0.4, -0.2) is 11.5 Å². The van der Waals surface area contributed by atoms with Crippen LogP contribution in [0.1, 0.15) is 79.3 Å². The van der Waals surface area contributed by atoms with Crippen molar-refractivity contribution in [2.75, 3.05) is 0 Å². The molecule has 3 heteroatoms. The van der Waals surface area contributed by atoms with E-state index >= 15 is 0 Å². The number of aliphatic imine (C=N–C) groups is 2. The molecule has 3 nitrogen and oxygen atoms in total. The summed E-state index contributed by atoms with van der Waals surface area (Å²) in [4.78, 5) is 11.2. The minimum Gasteiger partial charge on any atom is -0.455 e. The Morgan fingerprint density at radius 2 is 1.33 bits per heavy atom. The van der Waals surface area contributed by atoms with Crippen molar-refractivity contribution >= 4 is 71.9 Å². The van der Waals surface area contributed by atoms with Gasteiger partial charge in [-0.1, -0.05) is 159 Å². The van der Waals surface area contributed by atoms with E-state index in [0.717, 1.165) is 81.1 Å². The predicted molar refractivity (Wildman–Crippen MR) is 245 cm³/mol. The van der Waals surface area contributed by atoms with Crippen LogP contribution >= 0.6 is 0 Å². The normalized spacial score (nSPS) is 18.3. The first-order valence-electron chi connectivity index (χ1n) is 20.9. The summed E-state index contributed by atoms with van der Waals surface area (Å²) in [5.41, 5.74) is 11.5. The molecule has 1 aliphatic carbocycles. The number of rotatable bonds is 5. The van der Waals surface area contributed by atoms with E-state index in [9.17, 15) is 0 Å². The van der Waals surface area contributed by atoms with Gasteiger partial charge in [-0.25, -0.2) is 4.99 Å². The molecule has 0 amide bonds. The van der Waals surface area contributed by atoms with Gasteiger partial charge in [-0.3, -0.25) is 4.99 Å². The average Bonchev–Trinajstić information content (AvgIpc) is 3.68. The van der Waals surface area contributed by atoms with E-state index in [1.165, 1.54) is 49.4 Å². The van der Waals surface area contributed by atoms with E-state index in [0.29, 0.717) is 11.8 Å². The number of para-hydroxylation sites is 1. The maximum absolute atomic E-state index is 6.63. The van der Waals surface area contributed by atoms with Crippen molar-refractivity contribution < 1.29 is 4.42 Å². The lowest BCUT2D eigenvalue weighted by Gasteiger charge is -2.25. The minimum atomic E-state index is -0.0110. The van der Waals surface area contributed by atoms with Crippen molar-refractivity contribution in [2.45, 2.75) is 51.5 Å². The van der Waals surface area contributed by atoms with Gasteiger partial charge in [0, 0.05) is 27.3 Å². The van der Waals surface area contributed by atoms with Crippen LogP contribution in [0.5, 0.6) is 0 Å². The molecule has 0 N–H and O–H groups in total. The molecule has 280 valence electrons. The lowest BCUT2D eigenvalue weighted by Crippen LogP contribution is -2.18. The molecule has 9 aromatic rings. The van der Waals surface area contributed by atoms with Crippen LogP contribution in [0.15, 0.2) is 172 Å². The number of hydrogen-bond acceptors (Lipinski definition) is 3. The molecular formula is C55H44N2O. The first-order valence-corrected chi connectivity index (χ1v) is 20.9. The summed E-state index contributed by atoms with van der Waals surface area (Å²) in [5.74, 6) is 1.63. The zero-order valence-electron chi connectivity index (χ0n) is 33.0. The molecule has 1 aliphatic heterocycles. The molecule has 0 bridgehead atoms. The van der Waals surface area contributed by atoms with Gasteiger partial charge in [0.15, 0.2) is 5.84 Å². The highest BCUT2D eigenvalue weighted by atomic mass is 16.3. The monoisotopic (exact) mass is 748 g/mol. The summed E-state index contributed by atoms with van der Waals surface area (Å²) in [6.45, 7) is 4.65. The van der Waals surface area contributed by atoms with Crippen LogP contribution in [0.2, 0.25) is 0 Å². The number of fused-ring (bicyclic) bond motifs is 10. The van der Waals surface area contributed by atoms with Crippen molar-refractivity contribution in [3.8, 4) is 11.1 Å². The number of amidine groups is 1. The Morgan fingerprint density at radius 1 is 0.638 bits per heavy atom. The minimum absolute atomic E-state index is 0.0110. The van der Waals surface area contributed by atoms with E-state index < -0.39 is 0 Å². The second-order valence-corrected chi connectivity index (χ2v) is 16.3. The highest BCUT2D eigenvalue weighted by Crippen LogP contribution is 2.44. The third-order valence-electron chi connectivity index (χ3n) is 12.9. The number of nitrogens with zero attached hydrogens (tertiary/aromatic N) is 2. The van der Waals surface area contributed by atoms with Crippen molar-refractivity contribution in [3.05, 3.63) is 186 Å². The maximum atomic E-state index is 6.63. The van der Waals surface area contributed by atoms with E-state index in [-0.39, 0.29) is 6.04 Å². The van der Waals surface area contributed by atoms with Crippen molar-refractivity contribution in [3.63, 3.8) is 0 Å². The maximum Gasteiger partial charge on any atom is 0.155 e. The Morgan fingerprint density at radius 3 is 2.14 bits per heavy atom. The first-order chi connectivity index (χ1) is 28.6. The first kappa shape index (κ1) is 34.7. The largest absolute Gasteiger partial charge is 0.455 e. The number of furan rings is 1. The summed E-state index contributed by atoms with van der Waals surface area (Å²) in [6, 6.07) is 55.0. The van der Waals surface area contributed by atoms with Crippen molar-refractivity contribution in [2.24, 2.45) is 15.9 Å². The number of hydrogen-bond donors (Lipinski definition) is 0. The van der Waals surface area contributed by atoms with Gasteiger partial charge in [0.25, 0.3) is 0 Å². The van der Waals surface area contributed by atoms with Crippen LogP contribution in [0.25, 0.3) is 71.5 Å². The standard InChI is InChI=1S/C55H44N2O/c1-3-35-18-13-22-44-41(35)29-30-45-47(32-39-16-7-9-19-42(39)51(44)45)36-25-27-38(28-26-36)55-56-49(31-24-34(2)53(57-55)37-14-5-4-6-15-37)48-33-40-17-8-10-20-43(40)54-52(48)46-21-11-12-23-50(46)58-54/h4-17,19-23,25-30,32-35,53H,3,18,24,31H2,1-2H3. The summed E-state index contributed by atoms with van der Waals surface area (Å²) in [7, 11) is 0. The Hall–Kier alpha value is -6.58. The van der Waals surface area contributed by atoms with Gasteiger partial charge in [-0.05, 0) is 110 Å². The number of benzene rings is 8. The van der Waals surface area contributed by atoms with Gasteiger partial charge in [0.2, 0.25) is 0 Å². The van der Waals surface area contributed by atoms with Gasteiger partial charge in [0.1, 0.15) is 11.2 Å². The molecular weight excluding hydrogens is 705 g/mol. The SMILES string of the molecule is CCC1CC=Cc2c1ccc1c(-c3ccc(C4=NC(c5ccccc5)C(C)CCC(c5cc6ccccc6c6oc7ccccc7c56)=N4)cc3)cc3ccccc3c21. The summed E-state index contributed by atoms with van der Waals surface area (Å²) >= 11 is 0. The second kappa shape index (κ2) is 14.1. The Balaban J connectivity index is 1.10. The highest BCUT2D eigenvalue weighted by molar-refractivity contribution is 6.26. The quantitative estimate of drug-likeness (QED) is 0.162. The Bertz CT molecular complexity index is 3150. The molecule has 0 radical (unpaired) electrons. The molecule has 1 aromatic heterocycles. The lowest BCUT2D eigenvalue weighted by atomic mass is 9.80. The molecule has 58 heavy (non-hydrogen) atoms. The zero-order valence-corrected chi connectivity index (χ0v) is 33.0. The fourth-order valence-corrected chi connectivity index (χ4v) is 9.84. The molecule has 11 rings (SSSR count). The fourth-order valence-electron chi connectivity index (χ4n) is 9.84. The predicted octanol–water partition coefficient (Wildman–Crippen LogP) is 15.0. The summed E-state index contributed by atoms with van der Waals surface area (Å²) in [6.07, 6.45) is 8.78. The van der Waals surface area contributed by atoms with Crippen molar-refractivity contribution in [1.82, 2.24) is 0 Å². The summed E-state index contributed by atoms with van der Waals surface area (Å²) < 4.78 is 6.63. The van der Waals surface area contributed by atoms with Gasteiger partial charge in [-0.2, -0.15) is 0 Å². The molecule has 2 heterocycles. The molecule has 8 aromatic carbocycles. The highest BCUT2D eigenvalue weighted by Gasteiger charge is 2.26. The van der Waals surface area contributed by atoms with E-state index in [1.54, 1.807) is 0 Å². The average molecular weight is 749 g/mol. The van der Waals surface area contributed by atoms with E-state index in [2.05, 4.69) is 172 Å². The molecule has 0 saturated heterocycles. The van der Waals surface area contributed by atoms with Crippen LogP contribution in [0.3, 0.4) is 0 Å². The third kappa shape index (κ3) is 5.71. The lowest BCUT2D eigenvalue weighted by molar-refractivity contribution is 0.446. The fraction of sp³-hybridized carbons (Fsp3) is 0.164. The third-order valence-corrected chi connectivity index (χ3v) is 12.9.